The fourth-order valence-corrected chi connectivity index (χ4v) is 2.55. The van der Waals surface area contributed by atoms with Gasteiger partial charge in [-0.25, -0.2) is 4.98 Å². The van der Waals surface area contributed by atoms with Crippen molar-refractivity contribution in [3.8, 4) is 0 Å². The molecule has 1 aromatic carbocycles. The van der Waals surface area contributed by atoms with Crippen LogP contribution in [0.4, 0.5) is 5.69 Å². The van der Waals surface area contributed by atoms with Crippen LogP contribution in [-0.4, -0.2) is 4.98 Å². The molecule has 0 aliphatic heterocycles. The molecular formula is C12H11ClN2S. The van der Waals surface area contributed by atoms with Crippen LogP contribution in [0.1, 0.15) is 5.56 Å². The van der Waals surface area contributed by atoms with Crippen molar-refractivity contribution in [1.82, 2.24) is 4.98 Å². The Hall–Kier alpha value is -1.19. The molecule has 0 radical (unpaired) electrons. The minimum absolute atomic E-state index is 0.473. The van der Waals surface area contributed by atoms with Gasteiger partial charge in [0.15, 0.2) is 0 Å². The van der Waals surface area contributed by atoms with Crippen LogP contribution in [0.5, 0.6) is 0 Å². The number of benzene rings is 1. The van der Waals surface area contributed by atoms with E-state index in [9.17, 15) is 0 Å². The third-order valence-corrected chi connectivity index (χ3v) is 3.71. The molecule has 16 heavy (non-hydrogen) atoms. The zero-order valence-corrected chi connectivity index (χ0v) is 10.1. The van der Waals surface area contributed by atoms with E-state index in [1.54, 1.807) is 24.0 Å². The lowest BCUT2D eigenvalue weighted by Gasteiger charge is -2.06. The van der Waals surface area contributed by atoms with Crippen molar-refractivity contribution >= 4 is 29.1 Å². The van der Waals surface area contributed by atoms with Crippen LogP contribution in [0.2, 0.25) is 5.15 Å². The number of rotatable bonds is 3. The molecule has 2 rings (SSSR count). The van der Waals surface area contributed by atoms with Crippen molar-refractivity contribution in [3.63, 3.8) is 0 Å². The highest BCUT2D eigenvalue weighted by molar-refractivity contribution is 7.98. The van der Waals surface area contributed by atoms with Crippen LogP contribution in [0, 0.1) is 0 Å². The molecule has 4 heteroatoms. The number of anilines is 1. The topological polar surface area (TPSA) is 38.9 Å². The molecule has 1 aromatic heterocycles. The number of hydrogen-bond donors (Lipinski definition) is 1. The van der Waals surface area contributed by atoms with Gasteiger partial charge in [0.05, 0.1) is 4.90 Å². The number of nitrogen functional groups attached to an aromatic ring is 1. The van der Waals surface area contributed by atoms with Crippen molar-refractivity contribution in [3.05, 3.63) is 53.3 Å². The number of halogens is 1. The average Bonchev–Trinajstić information content (AvgIpc) is 2.30. The fraction of sp³-hybridized carbons (Fsp3) is 0.0833. The molecule has 0 atom stereocenters. The van der Waals surface area contributed by atoms with E-state index in [-0.39, 0.29) is 0 Å². The molecule has 0 bridgehead atoms. The van der Waals surface area contributed by atoms with E-state index in [2.05, 4.69) is 17.1 Å². The van der Waals surface area contributed by atoms with Crippen molar-refractivity contribution < 1.29 is 0 Å². The number of nitrogens with two attached hydrogens (primary N) is 1. The Morgan fingerprint density at radius 1 is 1.19 bits per heavy atom. The number of thioether (sulfide) groups is 1. The molecular weight excluding hydrogens is 240 g/mol. The maximum Gasteiger partial charge on any atom is 0.144 e. The first-order valence-corrected chi connectivity index (χ1v) is 6.20. The van der Waals surface area contributed by atoms with Crippen LogP contribution in [0.15, 0.2) is 47.5 Å². The van der Waals surface area contributed by atoms with Crippen LogP contribution in [-0.2, 0) is 5.75 Å². The Balaban J connectivity index is 2.11. The molecule has 0 saturated heterocycles. The SMILES string of the molecule is Nc1ccnc(Cl)c1SCc1ccccc1. The fourth-order valence-electron chi connectivity index (χ4n) is 1.31. The molecule has 0 fully saturated rings. The molecule has 2 nitrogen and oxygen atoms in total. The molecule has 0 amide bonds. The quantitative estimate of drug-likeness (QED) is 0.668. The lowest BCUT2D eigenvalue weighted by molar-refractivity contribution is 1.24. The van der Waals surface area contributed by atoms with Gasteiger partial charge in [0.25, 0.3) is 0 Å². The van der Waals surface area contributed by atoms with E-state index in [1.807, 2.05) is 18.2 Å². The maximum absolute atomic E-state index is 5.98. The number of hydrogen-bond acceptors (Lipinski definition) is 3. The molecule has 2 aromatic rings. The third kappa shape index (κ3) is 2.68. The van der Waals surface area contributed by atoms with Gasteiger partial charge in [0, 0.05) is 17.6 Å². The lowest BCUT2D eigenvalue weighted by Crippen LogP contribution is -1.91. The minimum atomic E-state index is 0.473. The van der Waals surface area contributed by atoms with E-state index in [0.29, 0.717) is 10.8 Å². The molecule has 82 valence electrons. The van der Waals surface area contributed by atoms with E-state index < -0.39 is 0 Å². The molecule has 0 saturated carbocycles. The van der Waals surface area contributed by atoms with Crippen molar-refractivity contribution in [2.45, 2.75) is 10.6 Å². The summed E-state index contributed by atoms with van der Waals surface area (Å²) in [6, 6.07) is 12.0. The molecule has 1 heterocycles. The number of pyridine rings is 1. The average molecular weight is 251 g/mol. The molecule has 2 N–H and O–H groups in total. The smallest absolute Gasteiger partial charge is 0.144 e. The van der Waals surface area contributed by atoms with Gasteiger partial charge in [0.2, 0.25) is 0 Å². The molecule has 0 spiro atoms. The van der Waals surface area contributed by atoms with Gasteiger partial charge in [0.1, 0.15) is 5.15 Å². The summed E-state index contributed by atoms with van der Waals surface area (Å²) in [5.74, 6) is 0.844. The van der Waals surface area contributed by atoms with Crippen molar-refractivity contribution in [2.75, 3.05) is 5.73 Å². The van der Waals surface area contributed by atoms with Crippen LogP contribution in [0.25, 0.3) is 0 Å². The molecule has 0 aliphatic rings. The Labute approximate surface area is 104 Å². The van der Waals surface area contributed by atoms with Gasteiger partial charge < -0.3 is 5.73 Å². The Morgan fingerprint density at radius 2 is 1.94 bits per heavy atom. The predicted octanol–water partition coefficient (Wildman–Crippen LogP) is 3.61. The molecule has 0 aliphatic carbocycles. The summed E-state index contributed by atoms with van der Waals surface area (Å²) in [6.45, 7) is 0. The predicted molar refractivity (Wildman–Crippen MR) is 69.7 cm³/mol. The lowest BCUT2D eigenvalue weighted by atomic mass is 10.2. The van der Waals surface area contributed by atoms with Crippen molar-refractivity contribution in [2.24, 2.45) is 0 Å². The summed E-state index contributed by atoms with van der Waals surface area (Å²) in [5.41, 5.74) is 7.76. The number of aromatic nitrogens is 1. The second kappa shape index (κ2) is 5.23. The summed E-state index contributed by atoms with van der Waals surface area (Å²) in [5, 5.41) is 0.473. The second-order valence-corrected chi connectivity index (χ2v) is 4.64. The van der Waals surface area contributed by atoms with E-state index in [4.69, 9.17) is 17.3 Å². The Morgan fingerprint density at radius 3 is 2.62 bits per heavy atom. The summed E-state index contributed by atoms with van der Waals surface area (Å²) in [4.78, 5) is 4.87. The standard InChI is InChI=1S/C12H11ClN2S/c13-12-11(10(14)6-7-15-12)16-8-9-4-2-1-3-5-9/h1-7H,8H2,(H2,14,15). The van der Waals surface area contributed by atoms with Gasteiger partial charge in [-0.15, -0.1) is 11.8 Å². The van der Waals surface area contributed by atoms with Gasteiger partial charge in [-0.2, -0.15) is 0 Å². The minimum Gasteiger partial charge on any atom is -0.398 e. The normalized spacial score (nSPS) is 10.3. The Bertz CT molecular complexity index is 453. The largest absolute Gasteiger partial charge is 0.398 e. The highest BCUT2D eigenvalue weighted by Gasteiger charge is 2.06. The van der Waals surface area contributed by atoms with Crippen molar-refractivity contribution in [1.29, 1.82) is 0 Å². The molecule has 0 unspecified atom stereocenters. The first kappa shape index (κ1) is 11.3. The van der Waals surface area contributed by atoms with Crippen LogP contribution >= 0.6 is 23.4 Å². The van der Waals surface area contributed by atoms with Crippen LogP contribution < -0.4 is 5.73 Å². The number of nitrogens with zero attached hydrogens (tertiary/aromatic N) is 1. The summed E-state index contributed by atoms with van der Waals surface area (Å²) < 4.78 is 0. The second-order valence-electron chi connectivity index (χ2n) is 3.29. The van der Waals surface area contributed by atoms with E-state index >= 15 is 0 Å². The first-order chi connectivity index (χ1) is 7.77. The van der Waals surface area contributed by atoms with Gasteiger partial charge in [-0.1, -0.05) is 41.9 Å². The highest BCUT2D eigenvalue weighted by Crippen LogP contribution is 2.32. The first-order valence-electron chi connectivity index (χ1n) is 4.84. The summed E-state index contributed by atoms with van der Waals surface area (Å²) in [7, 11) is 0. The van der Waals surface area contributed by atoms with Gasteiger partial charge >= 0.3 is 0 Å². The highest BCUT2D eigenvalue weighted by atomic mass is 35.5. The van der Waals surface area contributed by atoms with Gasteiger partial charge in [-0.3, -0.25) is 0 Å². The Kier molecular flexibility index (Phi) is 3.70. The van der Waals surface area contributed by atoms with E-state index in [0.717, 1.165) is 10.6 Å². The summed E-state index contributed by atoms with van der Waals surface area (Å²) in [6.07, 6.45) is 1.62. The monoisotopic (exact) mass is 250 g/mol. The maximum atomic E-state index is 5.98. The van der Waals surface area contributed by atoms with Crippen LogP contribution in [0.3, 0.4) is 0 Å². The zero-order valence-electron chi connectivity index (χ0n) is 8.56. The van der Waals surface area contributed by atoms with Gasteiger partial charge in [-0.05, 0) is 11.6 Å². The third-order valence-electron chi connectivity index (χ3n) is 2.12. The zero-order chi connectivity index (χ0) is 11.4. The summed E-state index contributed by atoms with van der Waals surface area (Å²) >= 11 is 7.59. The van der Waals surface area contributed by atoms with E-state index in [1.165, 1.54) is 5.56 Å².